The second-order valence-corrected chi connectivity index (χ2v) is 6.57. The van der Waals surface area contributed by atoms with E-state index in [9.17, 15) is 0 Å². The second-order valence-electron chi connectivity index (χ2n) is 6.57. The Morgan fingerprint density at radius 3 is 2.54 bits per heavy atom. The molecule has 2 heterocycles. The highest BCUT2D eigenvalue weighted by Gasteiger charge is 2.21. The maximum atomic E-state index is 6.41. The van der Waals surface area contributed by atoms with Crippen molar-refractivity contribution in [3.8, 4) is 17.0 Å². The normalized spacial score (nSPS) is 15.7. The fourth-order valence-corrected chi connectivity index (χ4v) is 3.80. The highest BCUT2D eigenvalue weighted by molar-refractivity contribution is 5.76. The number of ether oxygens (including phenoxy) is 1. The number of imidazole rings is 1. The number of fused-ring (bicyclic) bond motifs is 1. The first kappa shape index (κ1) is 15.1. The summed E-state index contributed by atoms with van der Waals surface area (Å²) in [7, 11) is 1.67. The van der Waals surface area contributed by atoms with E-state index in [1.807, 2.05) is 34.9 Å². The van der Waals surface area contributed by atoms with Gasteiger partial charge in [-0.15, -0.1) is 0 Å². The summed E-state index contributed by atoms with van der Waals surface area (Å²) in [5.74, 6) is 2.14. The second kappa shape index (κ2) is 6.19. The number of aromatic nitrogens is 2. The molecule has 0 unspecified atom stereocenters. The first-order valence-corrected chi connectivity index (χ1v) is 8.69. The molecule has 24 heavy (non-hydrogen) atoms. The fraction of sp³-hybridized carbons (Fsp3) is 0.350. The van der Waals surface area contributed by atoms with Gasteiger partial charge in [-0.25, -0.2) is 4.98 Å². The van der Waals surface area contributed by atoms with Crippen LogP contribution in [0.1, 0.15) is 43.6 Å². The van der Waals surface area contributed by atoms with Gasteiger partial charge in [-0.1, -0.05) is 25.3 Å². The van der Waals surface area contributed by atoms with Crippen molar-refractivity contribution < 1.29 is 4.74 Å². The molecule has 1 aliphatic carbocycles. The van der Waals surface area contributed by atoms with E-state index in [0.717, 1.165) is 22.7 Å². The number of methoxy groups -OCH3 is 1. The maximum Gasteiger partial charge on any atom is 0.142 e. The minimum absolute atomic E-state index is 0.605. The summed E-state index contributed by atoms with van der Waals surface area (Å²) in [6, 6.07) is 12.2. The predicted octanol–water partition coefficient (Wildman–Crippen LogP) is 4.64. The molecule has 0 saturated heterocycles. The number of hydrogen-bond donors (Lipinski definition) is 1. The summed E-state index contributed by atoms with van der Waals surface area (Å²) in [6.07, 6.45) is 8.50. The molecule has 0 spiro atoms. The monoisotopic (exact) mass is 321 g/mol. The molecule has 2 N–H and O–H groups in total. The van der Waals surface area contributed by atoms with Crippen LogP contribution in [0.5, 0.6) is 5.75 Å². The largest absolute Gasteiger partial charge is 0.497 e. The Balaban J connectivity index is 1.81. The molecule has 0 amide bonds. The quantitative estimate of drug-likeness (QED) is 0.764. The van der Waals surface area contributed by atoms with E-state index in [0.29, 0.717) is 11.7 Å². The smallest absolute Gasteiger partial charge is 0.142 e. The van der Waals surface area contributed by atoms with Crippen LogP contribution < -0.4 is 10.5 Å². The summed E-state index contributed by atoms with van der Waals surface area (Å²) in [6.45, 7) is 0. The summed E-state index contributed by atoms with van der Waals surface area (Å²) < 4.78 is 7.27. The molecule has 0 radical (unpaired) electrons. The topological polar surface area (TPSA) is 52.5 Å². The van der Waals surface area contributed by atoms with Gasteiger partial charge in [0, 0.05) is 11.8 Å². The van der Waals surface area contributed by atoms with Gasteiger partial charge in [-0.2, -0.15) is 0 Å². The zero-order valence-electron chi connectivity index (χ0n) is 14.0. The number of benzene rings is 1. The van der Waals surface area contributed by atoms with Gasteiger partial charge in [0.05, 0.1) is 7.11 Å². The Morgan fingerprint density at radius 1 is 1.08 bits per heavy atom. The molecule has 3 aromatic rings. The minimum Gasteiger partial charge on any atom is -0.497 e. The molecule has 2 aromatic heterocycles. The van der Waals surface area contributed by atoms with E-state index >= 15 is 0 Å². The van der Waals surface area contributed by atoms with Crippen molar-refractivity contribution in [3.63, 3.8) is 0 Å². The molecule has 1 aromatic carbocycles. The maximum absolute atomic E-state index is 6.41. The van der Waals surface area contributed by atoms with Gasteiger partial charge in [0.2, 0.25) is 0 Å². The Labute approximate surface area is 142 Å². The Hall–Kier alpha value is -2.49. The molecular formula is C20H23N3O. The fourth-order valence-electron chi connectivity index (χ4n) is 3.80. The van der Waals surface area contributed by atoms with E-state index in [2.05, 4.69) is 12.1 Å². The van der Waals surface area contributed by atoms with Crippen molar-refractivity contribution in [2.24, 2.45) is 0 Å². The van der Waals surface area contributed by atoms with Crippen LogP contribution in [0.4, 0.5) is 5.82 Å². The van der Waals surface area contributed by atoms with Crippen LogP contribution in [0.3, 0.4) is 0 Å². The Morgan fingerprint density at radius 2 is 1.83 bits per heavy atom. The Kier molecular flexibility index (Phi) is 3.89. The average Bonchev–Trinajstić information content (AvgIpc) is 2.99. The first-order chi connectivity index (χ1) is 11.8. The lowest BCUT2D eigenvalue weighted by Gasteiger charge is -2.22. The van der Waals surface area contributed by atoms with E-state index in [-0.39, 0.29) is 0 Å². The standard InChI is InChI=1S/C20H23N3O/c1-24-16-11-9-15(10-12-16)18-19(21)23-13-5-8-17(20(23)22-18)14-6-3-2-4-7-14/h5,8-14H,2-4,6-7,21H2,1H3. The van der Waals surface area contributed by atoms with E-state index in [1.165, 1.54) is 37.7 Å². The zero-order chi connectivity index (χ0) is 16.5. The van der Waals surface area contributed by atoms with Crippen molar-refractivity contribution in [1.29, 1.82) is 0 Å². The summed E-state index contributed by atoms with van der Waals surface area (Å²) in [5, 5.41) is 0. The molecule has 0 atom stereocenters. The van der Waals surface area contributed by atoms with Crippen LogP contribution >= 0.6 is 0 Å². The molecule has 124 valence electrons. The number of pyridine rings is 1. The number of rotatable bonds is 3. The van der Waals surface area contributed by atoms with E-state index in [1.54, 1.807) is 7.11 Å². The van der Waals surface area contributed by atoms with E-state index < -0.39 is 0 Å². The number of nitrogen functional groups attached to an aromatic ring is 1. The number of nitrogens with two attached hydrogens (primary N) is 1. The summed E-state index contributed by atoms with van der Waals surface area (Å²) >= 11 is 0. The van der Waals surface area contributed by atoms with Gasteiger partial charge in [0.1, 0.15) is 22.9 Å². The molecule has 1 saturated carbocycles. The van der Waals surface area contributed by atoms with Crippen LogP contribution in [-0.2, 0) is 0 Å². The first-order valence-electron chi connectivity index (χ1n) is 8.69. The van der Waals surface area contributed by atoms with E-state index in [4.69, 9.17) is 15.5 Å². The van der Waals surface area contributed by atoms with Gasteiger partial charge in [-0.3, -0.25) is 4.40 Å². The molecule has 1 aliphatic rings. The zero-order valence-corrected chi connectivity index (χ0v) is 14.0. The van der Waals surface area contributed by atoms with Crippen LogP contribution in [-0.4, -0.2) is 16.5 Å². The molecule has 4 heteroatoms. The highest BCUT2D eigenvalue weighted by Crippen LogP contribution is 2.36. The van der Waals surface area contributed by atoms with Crippen molar-refractivity contribution in [2.45, 2.75) is 38.0 Å². The highest BCUT2D eigenvalue weighted by atomic mass is 16.5. The summed E-state index contributed by atoms with van der Waals surface area (Å²) in [5.41, 5.74) is 10.6. The SMILES string of the molecule is COc1ccc(-c2nc3c(C4CCCCC4)cccn3c2N)cc1. The third kappa shape index (κ3) is 2.52. The third-order valence-corrected chi connectivity index (χ3v) is 5.13. The molecule has 4 nitrogen and oxygen atoms in total. The van der Waals surface area contributed by atoms with Gasteiger partial charge < -0.3 is 10.5 Å². The third-order valence-electron chi connectivity index (χ3n) is 5.13. The van der Waals surface area contributed by atoms with Crippen molar-refractivity contribution in [2.75, 3.05) is 12.8 Å². The molecular weight excluding hydrogens is 298 g/mol. The minimum atomic E-state index is 0.605. The molecule has 0 bridgehead atoms. The van der Waals surface area contributed by atoms with Crippen LogP contribution in [0.2, 0.25) is 0 Å². The van der Waals surface area contributed by atoms with Crippen molar-refractivity contribution >= 4 is 11.5 Å². The van der Waals surface area contributed by atoms with Crippen LogP contribution in [0.25, 0.3) is 16.9 Å². The van der Waals surface area contributed by atoms with Crippen molar-refractivity contribution in [1.82, 2.24) is 9.38 Å². The molecule has 4 rings (SSSR count). The summed E-state index contributed by atoms with van der Waals surface area (Å²) in [4.78, 5) is 4.91. The van der Waals surface area contributed by atoms with Gasteiger partial charge >= 0.3 is 0 Å². The number of hydrogen-bond acceptors (Lipinski definition) is 3. The molecule has 1 fully saturated rings. The lowest BCUT2D eigenvalue weighted by atomic mass is 9.84. The van der Waals surface area contributed by atoms with Crippen molar-refractivity contribution in [3.05, 3.63) is 48.2 Å². The van der Waals surface area contributed by atoms with Gasteiger partial charge in [-0.05, 0) is 54.7 Å². The lowest BCUT2D eigenvalue weighted by Crippen LogP contribution is -2.06. The number of nitrogens with zero attached hydrogens (tertiary/aromatic N) is 2. The van der Waals surface area contributed by atoms with Gasteiger partial charge in [0.25, 0.3) is 0 Å². The number of anilines is 1. The Bertz CT molecular complexity index is 845. The van der Waals surface area contributed by atoms with Crippen LogP contribution in [0, 0.1) is 0 Å². The lowest BCUT2D eigenvalue weighted by molar-refractivity contribution is 0.415. The van der Waals surface area contributed by atoms with Crippen LogP contribution in [0.15, 0.2) is 42.6 Å². The molecule has 0 aliphatic heterocycles. The van der Waals surface area contributed by atoms with Gasteiger partial charge in [0.15, 0.2) is 0 Å². The predicted molar refractivity (Wildman–Crippen MR) is 97.4 cm³/mol. The average molecular weight is 321 g/mol.